The number of rotatable bonds is 6. The maximum Gasteiger partial charge on any atom is 0.261 e. The number of imide groups is 1. The van der Waals surface area contributed by atoms with Crippen LogP contribution in [0.5, 0.6) is 5.75 Å². The molecule has 30 heavy (non-hydrogen) atoms. The molecular weight excluding hydrogens is 423 g/mol. The van der Waals surface area contributed by atoms with Crippen LogP contribution in [-0.4, -0.2) is 53.9 Å². The molecule has 0 N–H and O–H groups in total. The molecule has 5 nitrogen and oxygen atoms in total. The fourth-order valence-electron chi connectivity index (χ4n) is 4.17. The molecule has 2 aliphatic heterocycles. The third-order valence-electron chi connectivity index (χ3n) is 5.67. The summed E-state index contributed by atoms with van der Waals surface area (Å²) in [6, 6.07) is 12.4. The molecule has 158 valence electrons. The summed E-state index contributed by atoms with van der Waals surface area (Å²) in [7, 11) is 0. The molecule has 0 aliphatic carbocycles. The van der Waals surface area contributed by atoms with Gasteiger partial charge in [0.05, 0.1) is 21.2 Å². The molecule has 7 heteroatoms. The number of ether oxygens (including phenoxy) is 1. The van der Waals surface area contributed by atoms with Gasteiger partial charge in [0.2, 0.25) is 0 Å². The van der Waals surface area contributed by atoms with E-state index in [1.54, 1.807) is 36.4 Å². The molecule has 0 bridgehead atoms. The van der Waals surface area contributed by atoms with Gasteiger partial charge < -0.3 is 9.64 Å². The average molecular weight is 447 g/mol. The van der Waals surface area contributed by atoms with Gasteiger partial charge in [0.1, 0.15) is 11.9 Å². The van der Waals surface area contributed by atoms with Gasteiger partial charge in [-0.1, -0.05) is 42.3 Å². The van der Waals surface area contributed by atoms with Crippen molar-refractivity contribution in [1.29, 1.82) is 0 Å². The van der Waals surface area contributed by atoms with Crippen molar-refractivity contribution in [2.45, 2.75) is 25.9 Å². The lowest BCUT2D eigenvalue weighted by atomic mass is 10.0. The van der Waals surface area contributed by atoms with E-state index in [1.807, 2.05) is 6.07 Å². The zero-order valence-electron chi connectivity index (χ0n) is 16.8. The molecule has 0 unspecified atom stereocenters. The zero-order valence-corrected chi connectivity index (χ0v) is 18.3. The summed E-state index contributed by atoms with van der Waals surface area (Å²) < 4.78 is 6.05. The lowest BCUT2D eigenvalue weighted by molar-refractivity contribution is 0.0596. The number of likely N-dealkylation sites (tertiary alicyclic amines) is 1. The number of fused-ring (bicyclic) bond motifs is 1. The van der Waals surface area contributed by atoms with Gasteiger partial charge in [-0.25, -0.2) is 0 Å². The molecule has 2 aromatic rings. The molecule has 1 saturated heterocycles. The Bertz CT molecular complexity index is 922. The summed E-state index contributed by atoms with van der Waals surface area (Å²) in [6.07, 6.45) is 1.98. The first kappa shape index (κ1) is 21.2. The number of nitrogens with zero attached hydrogens (tertiary/aromatic N) is 2. The molecular formula is C23H24Cl2N2O3. The van der Waals surface area contributed by atoms with E-state index in [9.17, 15) is 9.59 Å². The van der Waals surface area contributed by atoms with Crippen LogP contribution in [0.3, 0.4) is 0 Å². The van der Waals surface area contributed by atoms with Gasteiger partial charge >= 0.3 is 0 Å². The lowest BCUT2D eigenvalue weighted by Crippen LogP contribution is -2.43. The van der Waals surface area contributed by atoms with E-state index in [0.717, 1.165) is 38.2 Å². The molecule has 0 spiro atoms. The van der Waals surface area contributed by atoms with Crippen LogP contribution < -0.4 is 4.74 Å². The first-order chi connectivity index (χ1) is 14.4. The van der Waals surface area contributed by atoms with Crippen LogP contribution in [0.4, 0.5) is 0 Å². The Hall–Kier alpha value is -2.08. The van der Waals surface area contributed by atoms with E-state index in [4.69, 9.17) is 27.9 Å². The predicted octanol–water partition coefficient (Wildman–Crippen LogP) is 4.77. The first-order valence-electron chi connectivity index (χ1n) is 10.2. The average Bonchev–Trinajstić information content (AvgIpc) is 2.97. The SMILES string of the molecule is C[C@H](CN1CCC(Oc2ccc(Cl)c(Cl)c2)CC1)CN1C(=O)c2ccccc2C1=O. The van der Waals surface area contributed by atoms with Gasteiger partial charge in [-0.05, 0) is 43.0 Å². The van der Waals surface area contributed by atoms with Crippen molar-refractivity contribution in [3.63, 3.8) is 0 Å². The minimum absolute atomic E-state index is 0.144. The number of halogens is 2. The maximum absolute atomic E-state index is 12.6. The summed E-state index contributed by atoms with van der Waals surface area (Å²) in [6.45, 7) is 5.19. The largest absolute Gasteiger partial charge is 0.490 e. The Balaban J connectivity index is 1.26. The van der Waals surface area contributed by atoms with Gasteiger partial charge in [-0.15, -0.1) is 0 Å². The number of piperidine rings is 1. The zero-order chi connectivity index (χ0) is 21.3. The second-order valence-electron chi connectivity index (χ2n) is 8.07. The number of carbonyl (C=O) groups is 2. The standard InChI is InChI=1S/C23H24Cl2N2O3/c1-15(14-27-22(28)18-4-2-3-5-19(18)23(27)29)13-26-10-8-16(9-11-26)30-17-6-7-20(24)21(25)12-17/h2-7,12,15-16H,8-11,13-14H2,1H3/t15-/m1/s1. The molecule has 4 rings (SSSR count). The minimum Gasteiger partial charge on any atom is -0.490 e. The highest BCUT2D eigenvalue weighted by Gasteiger charge is 2.36. The normalized spacial score (nSPS) is 18.6. The van der Waals surface area contributed by atoms with Crippen LogP contribution in [0, 0.1) is 5.92 Å². The van der Waals surface area contributed by atoms with Gasteiger partial charge in [-0.2, -0.15) is 0 Å². The van der Waals surface area contributed by atoms with E-state index in [2.05, 4.69) is 11.8 Å². The van der Waals surface area contributed by atoms with Crippen molar-refractivity contribution in [3.8, 4) is 5.75 Å². The molecule has 2 amide bonds. The van der Waals surface area contributed by atoms with E-state index in [-0.39, 0.29) is 23.8 Å². The highest BCUT2D eigenvalue weighted by molar-refractivity contribution is 6.42. The molecule has 2 aliphatic rings. The van der Waals surface area contributed by atoms with Gasteiger partial charge in [0, 0.05) is 32.2 Å². The van der Waals surface area contributed by atoms with Gasteiger partial charge in [0.15, 0.2) is 0 Å². The third-order valence-corrected chi connectivity index (χ3v) is 6.41. The molecule has 2 heterocycles. The van der Waals surface area contributed by atoms with E-state index < -0.39 is 0 Å². The second kappa shape index (κ2) is 8.96. The number of hydrogen-bond acceptors (Lipinski definition) is 4. The van der Waals surface area contributed by atoms with E-state index in [0.29, 0.717) is 27.7 Å². The quantitative estimate of drug-likeness (QED) is 0.599. The summed E-state index contributed by atoms with van der Waals surface area (Å²) in [5.41, 5.74) is 1.02. The van der Waals surface area contributed by atoms with Crippen molar-refractivity contribution in [2.75, 3.05) is 26.2 Å². The summed E-state index contributed by atoms with van der Waals surface area (Å²) in [5, 5.41) is 1.01. The molecule has 1 atom stereocenters. The van der Waals surface area contributed by atoms with E-state index in [1.165, 1.54) is 4.90 Å². The topological polar surface area (TPSA) is 49.9 Å². The Labute approximate surface area is 186 Å². The van der Waals surface area contributed by atoms with Crippen LogP contribution in [0.2, 0.25) is 10.0 Å². The fourth-order valence-corrected chi connectivity index (χ4v) is 4.46. The number of amides is 2. The second-order valence-corrected chi connectivity index (χ2v) is 8.88. The van der Waals surface area contributed by atoms with Gasteiger partial charge in [0.25, 0.3) is 11.8 Å². The molecule has 0 aromatic heterocycles. The Morgan fingerprint density at radius 2 is 1.60 bits per heavy atom. The van der Waals surface area contributed by atoms with E-state index >= 15 is 0 Å². The Kier molecular flexibility index (Phi) is 6.32. The highest BCUT2D eigenvalue weighted by Crippen LogP contribution is 2.28. The van der Waals surface area contributed by atoms with Crippen molar-refractivity contribution in [3.05, 3.63) is 63.6 Å². The Morgan fingerprint density at radius 1 is 0.967 bits per heavy atom. The minimum atomic E-state index is -0.184. The molecule has 1 fully saturated rings. The van der Waals surface area contributed by atoms with Crippen LogP contribution in [0.25, 0.3) is 0 Å². The first-order valence-corrected chi connectivity index (χ1v) is 11.0. The fraction of sp³-hybridized carbons (Fsp3) is 0.391. The highest BCUT2D eigenvalue weighted by atomic mass is 35.5. The molecule has 0 saturated carbocycles. The summed E-state index contributed by atoms with van der Waals surface area (Å²) in [4.78, 5) is 28.9. The monoisotopic (exact) mass is 446 g/mol. The van der Waals surface area contributed by atoms with Gasteiger partial charge in [-0.3, -0.25) is 14.5 Å². The predicted molar refractivity (Wildman–Crippen MR) is 118 cm³/mol. The van der Waals surface area contributed by atoms with Crippen LogP contribution in [-0.2, 0) is 0 Å². The molecule has 0 radical (unpaired) electrons. The van der Waals surface area contributed by atoms with Crippen LogP contribution in [0.15, 0.2) is 42.5 Å². The van der Waals surface area contributed by atoms with Crippen molar-refractivity contribution in [2.24, 2.45) is 5.92 Å². The van der Waals surface area contributed by atoms with Crippen LogP contribution >= 0.6 is 23.2 Å². The summed E-state index contributed by atoms with van der Waals surface area (Å²) >= 11 is 12.0. The number of hydrogen-bond donors (Lipinski definition) is 0. The molecule has 2 aromatic carbocycles. The number of carbonyl (C=O) groups excluding carboxylic acids is 2. The third kappa shape index (κ3) is 4.48. The lowest BCUT2D eigenvalue weighted by Gasteiger charge is -2.34. The number of benzene rings is 2. The van der Waals surface area contributed by atoms with Crippen LogP contribution in [0.1, 0.15) is 40.5 Å². The Morgan fingerprint density at radius 3 is 2.20 bits per heavy atom. The smallest absolute Gasteiger partial charge is 0.261 e. The summed E-state index contributed by atoms with van der Waals surface area (Å²) in [5.74, 6) is 0.564. The van der Waals surface area contributed by atoms with Crippen molar-refractivity contribution >= 4 is 35.0 Å². The van der Waals surface area contributed by atoms with Crippen molar-refractivity contribution < 1.29 is 14.3 Å². The maximum atomic E-state index is 12.6. The van der Waals surface area contributed by atoms with Crippen molar-refractivity contribution in [1.82, 2.24) is 9.80 Å².